The van der Waals surface area contributed by atoms with Gasteiger partial charge in [-0.05, 0) is 55.5 Å². The number of carbonyl (C=O) groups is 2. The van der Waals surface area contributed by atoms with Gasteiger partial charge in [0.2, 0.25) is 5.91 Å². The van der Waals surface area contributed by atoms with Crippen molar-refractivity contribution in [2.75, 3.05) is 44.2 Å². The van der Waals surface area contributed by atoms with Crippen molar-refractivity contribution in [2.45, 2.75) is 51.9 Å². The van der Waals surface area contributed by atoms with E-state index in [2.05, 4.69) is 37.1 Å². The van der Waals surface area contributed by atoms with Crippen LogP contribution in [0.1, 0.15) is 52.0 Å². The molecule has 0 aliphatic carbocycles. The molecular weight excluding hydrogens is 354 g/mol. The van der Waals surface area contributed by atoms with Gasteiger partial charge in [-0.1, -0.05) is 33.3 Å². The lowest BCUT2D eigenvalue weighted by atomic mass is 9.82. The zero-order valence-corrected chi connectivity index (χ0v) is 17.4. The number of nitrogens with one attached hydrogen (secondary N) is 1. The molecule has 0 atom stereocenters. The molecule has 0 saturated carbocycles. The van der Waals surface area contributed by atoms with Gasteiger partial charge in [0.25, 0.3) is 5.91 Å². The number of hydrogen-bond donors (Lipinski definition) is 1. The Balaban J connectivity index is 1.64. The number of likely N-dealkylation sites (tertiary alicyclic amines) is 1. The Hall–Kier alpha value is -2.08. The second-order valence-electron chi connectivity index (χ2n) is 8.44. The fraction of sp³-hybridized carbons (Fsp3) is 0.636. The van der Waals surface area contributed by atoms with E-state index >= 15 is 0 Å². The number of hydrogen-bond acceptors (Lipinski definition) is 4. The van der Waals surface area contributed by atoms with E-state index in [1.807, 2.05) is 12.1 Å². The van der Waals surface area contributed by atoms with Crippen molar-refractivity contribution in [1.29, 1.82) is 0 Å². The Labute approximate surface area is 168 Å². The minimum Gasteiger partial charge on any atom is -0.482 e. The number of rotatable bonds is 7. The second-order valence-corrected chi connectivity index (χ2v) is 8.44. The van der Waals surface area contributed by atoms with Crippen molar-refractivity contribution in [3.63, 3.8) is 0 Å². The van der Waals surface area contributed by atoms with Gasteiger partial charge in [0, 0.05) is 13.1 Å². The first-order valence-electron chi connectivity index (χ1n) is 10.5. The molecule has 2 aliphatic heterocycles. The Morgan fingerprint density at radius 3 is 2.68 bits per heavy atom. The molecule has 1 aromatic carbocycles. The van der Waals surface area contributed by atoms with Gasteiger partial charge in [0.15, 0.2) is 6.61 Å². The summed E-state index contributed by atoms with van der Waals surface area (Å²) >= 11 is 0. The third-order valence-corrected chi connectivity index (χ3v) is 6.07. The van der Waals surface area contributed by atoms with Crippen molar-refractivity contribution in [3.05, 3.63) is 23.8 Å². The normalized spacial score (nSPS) is 17.8. The van der Waals surface area contributed by atoms with Gasteiger partial charge in [0.05, 0.1) is 5.69 Å². The van der Waals surface area contributed by atoms with Crippen molar-refractivity contribution >= 4 is 17.5 Å². The number of carbonyl (C=O) groups excluding carboxylic acids is 2. The topological polar surface area (TPSA) is 61.9 Å². The Morgan fingerprint density at radius 1 is 1.21 bits per heavy atom. The van der Waals surface area contributed by atoms with Gasteiger partial charge in [-0.2, -0.15) is 0 Å². The van der Waals surface area contributed by atoms with E-state index in [-0.39, 0.29) is 30.4 Å². The molecule has 28 heavy (non-hydrogen) atoms. The summed E-state index contributed by atoms with van der Waals surface area (Å²) in [6, 6.07) is 5.96. The fourth-order valence-corrected chi connectivity index (χ4v) is 3.74. The van der Waals surface area contributed by atoms with E-state index in [0.717, 1.165) is 31.6 Å². The molecule has 3 rings (SSSR count). The smallest absolute Gasteiger partial charge is 0.265 e. The number of nitrogens with zero attached hydrogens (tertiary/aromatic N) is 2. The van der Waals surface area contributed by atoms with Crippen LogP contribution in [0.25, 0.3) is 0 Å². The van der Waals surface area contributed by atoms with E-state index in [9.17, 15) is 9.59 Å². The largest absolute Gasteiger partial charge is 0.482 e. The molecule has 1 fully saturated rings. The van der Waals surface area contributed by atoms with Crippen LogP contribution in [0.2, 0.25) is 0 Å². The number of ether oxygens (including phenoxy) is 1. The van der Waals surface area contributed by atoms with Crippen molar-refractivity contribution < 1.29 is 14.3 Å². The molecule has 154 valence electrons. The number of anilines is 1. The van der Waals surface area contributed by atoms with E-state index < -0.39 is 0 Å². The van der Waals surface area contributed by atoms with Crippen LogP contribution in [0.4, 0.5) is 5.69 Å². The van der Waals surface area contributed by atoms with E-state index in [1.165, 1.54) is 19.3 Å². The average molecular weight is 388 g/mol. The molecular formula is C22H33N3O3. The molecule has 2 aliphatic rings. The maximum Gasteiger partial charge on any atom is 0.265 e. The van der Waals surface area contributed by atoms with Crippen LogP contribution in [0.5, 0.6) is 5.75 Å². The molecule has 6 nitrogen and oxygen atoms in total. The highest BCUT2D eigenvalue weighted by Crippen LogP contribution is 2.37. The Morgan fingerprint density at radius 2 is 1.96 bits per heavy atom. The predicted molar refractivity (Wildman–Crippen MR) is 111 cm³/mol. The van der Waals surface area contributed by atoms with Gasteiger partial charge in [-0.3, -0.25) is 14.5 Å². The molecule has 2 heterocycles. The summed E-state index contributed by atoms with van der Waals surface area (Å²) in [6.45, 7) is 10.2. The number of benzene rings is 1. The maximum absolute atomic E-state index is 12.5. The average Bonchev–Trinajstić information content (AvgIpc) is 2.70. The second kappa shape index (κ2) is 8.95. The Bertz CT molecular complexity index is 711. The summed E-state index contributed by atoms with van der Waals surface area (Å²) < 4.78 is 5.58. The van der Waals surface area contributed by atoms with Crippen molar-refractivity contribution in [1.82, 2.24) is 10.2 Å². The third kappa shape index (κ3) is 4.85. The molecule has 1 aromatic rings. The molecule has 0 unspecified atom stereocenters. The first kappa shape index (κ1) is 20.6. The molecule has 2 amide bonds. The zero-order chi connectivity index (χ0) is 20.1. The summed E-state index contributed by atoms with van der Waals surface area (Å²) in [6.07, 6.45) is 4.77. The minimum absolute atomic E-state index is 0.00209. The number of amides is 2. The van der Waals surface area contributed by atoms with Crippen LogP contribution in [-0.4, -0.2) is 56.0 Å². The van der Waals surface area contributed by atoms with Gasteiger partial charge >= 0.3 is 0 Å². The first-order valence-corrected chi connectivity index (χ1v) is 10.5. The van der Waals surface area contributed by atoms with E-state index in [0.29, 0.717) is 18.0 Å². The third-order valence-electron chi connectivity index (χ3n) is 6.07. The van der Waals surface area contributed by atoms with Crippen LogP contribution in [0, 0.1) is 0 Å². The lowest BCUT2D eigenvalue weighted by molar-refractivity contribution is -0.125. The molecule has 0 radical (unpaired) electrons. The first-order chi connectivity index (χ1) is 13.4. The van der Waals surface area contributed by atoms with Gasteiger partial charge in [-0.25, -0.2) is 0 Å². The van der Waals surface area contributed by atoms with Gasteiger partial charge in [0.1, 0.15) is 12.3 Å². The van der Waals surface area contributed by atoms with Crippen LogP contribution in [0.15, 0.2) is 18.2 Å². The predicted octanol–water partition coefficient (Wildman–Crippen LogP) is 2.70. The Kier molecular flexibility index (Phi) is 6.60. The van der Waals surface area contributed by atoms with E-state index in [1.54, 1.807) is 4.90 Å². The summed E-state index contributed by atoms with van der Waals surface area (Å²) in [5.74, 6) is 0.361. The lowest BCUT2D eigenvalue weighted by Crippen LogP contribution is -2.46. The van der Waals surface area contributed by atoms with Crippen LogP contribution < -0.4 is 15.0 Å². The highest BCUT2D eigenvalue weighted by molar-refractivity contribution is 6.02. The van der Waals surface area contributed by atoms with Gasteiger partial charge in [-0.15, -0.1) is 0 Å². The summed E-state index contributed by atoms with van der Waals surface area (Å²) in [5, 5.41) is 2.97. The molecule has 0 bridgehead atoms. The molecule has 1 saturated heterocycles. The zero-order valence-electron chi connectivity index (χ0n) is 17.4. The maximum atomic E-state index is 12.5. The molecule has 6 heteroatoms. The summed E-state index contributed by atoms with van der Waals surface area (Å²) in [5.41, 5.74) is 1.83. The van der Waals surface area contributed by atoms with E-state index in [4.69, 9.17) is 4.74 Å². The lowest BCUT2D eigenvalue weighted by Gasteiger charge is -2.32. The fourth-order valence-electron chi connectivity index (χ4n) is 3.74. The summed E-state index contributed by atoms with van der Waals surface area (Å²) in [4.78, 5) is 28.9. The molecule has 1 N–H and O–H groups in total. The van der Waals surface area contributed by atoms with Gasteiger partial charge < -0.3 is 15.0 Å². The highest BCUT2D eigenvalue weighted by Gasteiger charge is 2.29. The summed E-state index contributed by atoms with van der Waals surface area (Å²) in [7, 11) is 0. The van der Waals surface area contributed by atoms with Crippen LogP contribution >= 0.6 is 0 Å². The standard InChI is InChI=1S/C22H33N3O3/c1-4-22(2,3)17-8-9-19-18(14-17)25(21(27)16-28-19)15-20(26)23-10-13-24-11-6-5-7-12-24/h8-9,14H,4-7,10-13,15-16H2,1-3H3,(H,23,26). The molecule has 0 spiro atoms. The number of piperidine rings is 1. The quantitative estimate of drug-likeness (QED) is 0.781. The monoisotopic (exact) mass is 387 g/mol. The van der Waals surface area contributed by atoms with Crippen LogP contribution in [-0.2, 0) is 15.0 Å². The number of fused-ring (bicyclic) bond motifs is 1. The SMILES string of the molecule is CCC(C)(C)c1ccc2c(c1)N(CC(=O)NCCN1CCCCC1)C(=O)CO2. The van der Waals surface area contributed by atoms with Crippen molar-refractivity contribution in [2.24, 2.45) is 0 Å². The van der Waals surface area contributed by atoms with Crippen molar-refractivity contribution in [3.8, 4) is 5.75 Å². The highest BCUT2D eigenvalue weighted by atomic mass is 16.5. The van der Waals surface area contributed by atoms with Crippen LogP contribution in [0.3, 0.4) is 0 Å². The molecule has 0 aromatic heterocycles. The minimum atomic E-state index is -0.176.